The molecule has 28 heavy (non-hydrogen) atoms. The Morgan fingerprint density at radius 2 is 2.14 bits per heavy atom. The van der Waals surface area contributed by atoms with Crippen molar-refractivity contribution in [2.75, 3.05) is 32.8 Å². The molecule has 8 heteroatoms. The van der Waals surface area contributed by atoms with Crippen LogP contribution in [0.2, 0.25) is 0 Å². The molecule has 1 atom stereocenters. The SMILES string of the molecule is Cc1ccsc1CN1CCCCC1CCn1cc(C(=O)N2CCOCC2)nn1. The fourth-order valence-corrected chi connectivity index (χ4v) is 4.99. The average molecular weight is 404 g/mol. The molecule has 0 saturated carbocycles. The highest BCUT2D eigenvalue weighted by atomic mass is 32.1. The van der Waals surface area contributed by atoms with Crippen LogP contribution in [-0.4, -0.2) is 69.6 Å². The number of thiophene rings is 1. The summed E-state index contributed by atoms with van der Waals surface area (Å²) in [6.45, 7) is 7.67. The number of rotatable bonds is 6. The molecule has 2 fully saturated rings. The number of likely N-dealkylation sites (tertiary alicyclic amines) is 1. The van der Waals surface area contributed by atoms with E-state index in [-0.39, 0.29) is 5.91 Å². The van der Waals surface area contributed by atoms with Crippen molar-refractivity contribution in [2.45, 2.75) is 51.7 Å². The van der Waals surface area contributed by atoms with E-state index in [0.29, 0.717) is 38.0 Å². The highest BCUT2D eigenvalue weighted by Gasteiger charge is 2.24. The molecule has 1 amide bonds. The lowest BCUT2D eigenvalue weighted by atomic mass is 9.99. The topological polar surface area (TPSA) is 63.5 Å². The molecule has 2 saturated heterocycles. The van der Waals surface area contributed by atoms with Crippen molar-refractivity contribution in [2.24, 2.45) is 0 Å². The maximum atomic E-state index is 12.5. The van der Waals surface area contributed by atoms with Crippen LogP contribution < -0.4 is 0 Å². The van der Waals surface area contributed by atoms with Gasteiger partial charge in [0.05, 0.1) is 19.4 Å². The van der Waals surface area contributed by atoms with E-state index in [2.05, 4.69) is 33.6 Å². The van der Waals surface area contributed by atoms with Gasteiger partial charge in [-0.3, -0.25) is 14.4 Å². The third-order valence-electron chi connectivity index (χ3n) is 5.81. The van der Waals surface area contributed by atoms with Crippen molar-refractivity contribution in [3.63, 3.8) is 0 Å². The second-order valence-electron chi connectivity index (χ2n) is 7.71. The van der Waals surface area contributed by atoms with E-state index < -0.39 is 0 Å². The number of ether oxygens (including phenoxy) is 1. The summed E-state index contributed by atoms with van der Waals surface area (Å²) in [6, 6.07) is 2.78. The standard InChI is InChI=1S/C20H29N5O2S/c1-16-6-13-28-19(16)15-24-7-3-2-4-17(24)5-8-25-14-18(21-22-25)20(26)23-9-11-27-12-10-23/h6,13-14,17H,2-5,7-12,15H2,1H3. The molecule has 0 aliphatic carbocycles. The Hall–Kier alpha value is -1.77. The van der Waals surface area contributed by atoms with Crippen molar-refractivity contribution < 1.29 is 9.53 Å². The predicted octanol–water partition coefficient (Wildman–Crippen LogP) is 2.57. The summed E-state index contributed by atoms with van der Waals surface area (Å²) in [5, 5.41) is 10.5. The minimum atomic E-state index is -0.0398. The van der Waals surface area contributed by atoms with Crippen LogP contribution in [0.5, 0.6) is 0 Å². The zero-order chi connectivity index (χ0) is 19.3. The van der Waals surface area contributed by atoms with Gasteiger partial charge in [0.1, 0.15) is 0 Å². The predicted molar refractivity (Wildman–Crippen MR) is 108 cm³/mol. The van der Waals surface area contributed by atoms with Gasteiger partial charge < -0.3 is 9.64 Å². The maximum absolute atomic E-state index is 12.5. The first-order valence-electron chi connectivity index (χ1n) is 10.2. The Morgan fingerprint density at radius 3 is 2.93 bits per heavy atom. The number of carbonyl (C=O) groups excluding carboxylic acids is 1. The molecule has 0 radical (unpaired) electrons. The lowest BCUT2D eigenvalue weighted by Gasteiger charge is -2.35. The fourth-order valence-electron chi connectivity index (χ4n) is 4.06. The van der Waals surface area contributed by atoms with Gasteiger partial charge in [0.2, 0.25) is 0 Å². The largest absolute Gasteiger partial charge is 0.378 e. The van der Waals surface area contributed by atoms with Gasteiger partial charge in [0.15, 0.2) is 5.69 Å². The third kappa shape index (κ3) is 4.61. The molecule has 2 aliphatic heterocycles. The molecule has 2 aromatic heterocycles. The van der Waals surface area contributed by atoms with E-state index in [1.807, 2.05) is 16.0 Å². The number of hydrogen-bond donors (Lipinski definition) is 0. The van der Waals surface area contributed by atoms with E-state index >= 15 is 0 Å². The number of hydrogen-bond acceptors (Lipinski definition) is 6. The van der Waals surface area contributed by atoms with Crippen LogP contribution in [-0.2, 0) is 17.8 Å². The van der Waals surface area contributed by atoms with E-state index in [1.165, 1.54) is 36.2 Å². The van der Waals surface area contributed by atoms with Crippen LogP contribution >= 0.6 is 11.3 Å². The molecule has 7 nitrogen and oxygen atoms in total. The van der Waals surface area contributed by atoms with Crippen molar-refractivity contribution in [1.82, 2.24) is 24.8 Å². The van der Waals surface area contributed by atoms with Gasteiger partial charge in [-0.05, 0) is 49.7 Å². The van der Waals surface area contributed by atoms with Crippen LogP contribution in [0.4, 0.5) is 0 Å². The minimum absolute atomic E-state index is 0.0398. The number of piperidine rings is 1. The number of carbonyl (C=O) groups is 1. The third-order valence-corrected chi connectivity index (χ3v) is 6.82. The van der Waals surface area contributed by atoms with Gasteiger partial charge in [-0.25, -0.2) is 0 Å². The molecule has 0 bridgehead atoms. The van der Waals surface area contributed by atoms with Crippen molar-refractivity contribution in [3.8, 4) is 0 Å². The Balaban J connectivity index is 1.33. The lowest BCUT2D eigenvalue weighted by Crippen LogP contribution is -2.40. The van der Waals surface area contributed by atoms with E-state index in [4.69, 9.17) is 4.74 Å². The summed E-state index contributed by atoms with van der Waals surface area (Å²) in [5.74, 6) is -0.0398. The van der Waals surface area contributed by atoms with Crippen LogP contribution in [0.25, 0.3) is 0 Å². The van der Waals surface area contributed by atoms with Crippen LogP contribution in [0.1, 0.15) is 46.6 Å². The first kappa shape index (κ1) is 19.5. The van der Waals surface area contributed by atoms with Crippen molar-refractivity contribution in [3.05, 3.63) is 33.8 Å². The maximum Gasteiger partial charge on any atom is 0.276 e. The lowest BCUT2D eigenvalue weighted by molar-refractivity contribution is 0.0299. The van der Waals surface area contributed by atoms with Gasteiger partial charge in [-0.2, -0.15) is 0 Å². The molecular weight excluding hydrogens is 374 g/mol. The molecule has 0 aromatic carbocycles. The second-order valence-corrected chi connectivity index (χ2v) is 8.71. The molecule has 4 heterocycles. The quantitative estimate of drug-likeness (QED) is 0.742. The van der Waals surface area contributed by atoms with Gasteiger partial charge in [0, 0.05) is 37.1 Å². The van der Waals surface area contributed by atoms with Gasteiger partial charge >= 0.3 is 0 Å². The highest BCUT2D eigenvalue weighted by molar-refractivity contribution is 7.10. The number of morpholine rings is 1. The number of amides is 1. The first-order valence-corrected chi connectivity index (χ1v) is 11.1. The number of aromatic nitrogens is 3. The summed E-state index contributed by atoms with van der Waals surface area (Å²) in [7, 11) is 0. The van der Waals surface area contributed by atoms with Crippen molar-refractivity contribution >= 4 is 17.2 Å². The van der Waals surface area contributed by atoms with E-state index in [1.54, 1.807) is 11.1 Å². The Kier molecular flexibility index (Phi) is 6.39. The minimum Gasteiger partial charge on any atom is -0.378 e. The molecule has 0 spiro atoms. The molecule has 0 N–H and O–H groups in total. The first-order chi connectivity index (χ1) is 13.7. The average Bonchev–Trinajstić information content (AvgIpc) is 3.37. The molecule has 4 rings (SSSR count). The van der Waals surface area contributed by atoms with Crippen LogP contribution in [0.3, 0.4) is 0 Å². The summed E-state index contributed by atoms with van der Waals surface area (Å²) >= 11 is 1.86. The van der Waals surface area contributed by atoms with Crippen LogP contribution in [0.15, 0.2) is 17.6 Å². The molecule has 152 valence electrons. The molecule has 2 aromatic rings. The van der Waals surface area contributed by atoms with Gasteiger partial charge in [0.25, 0.3) is 5.91 Å². The molecule has 1 unspecified atom stereocenters. The van der Waals surface area contributed by atoms with E-state index in [0.717, 1.165) is 19.5 Å². The Morgan fingerprint density at radius 1 is 1.29 bits per heavy atom. The summed E-state index contributed by atoms with van der Waals surface area (Å²) < 4.78 is 7.14. The van der Waals surface area contributed by atoms with Crippen LogP contribution in [0, 0.1) is 6.92 Å². The smallest absolute Gasteiger partial charge is 0.276 e. The zero-order valence-electron chi connectivity index (χ0n) is 16.5. The molecule has 2 aliphatic rings. The Bertz CT molecular complexity index is 783. The summed E-state index contributed by atoms with van der Waals surface area (Å²) in [6.07, 6.45) is 6.65. The summed E-state index contributed by atoms with van der Waals surface area (Å²) in [4.78, 5) is 18.4. The normalized spacial score (nSPS) is 21.2. The van der Waals surface area contributed by atoms with Gasteiger partial charge in [-0.15, -0.1) is 16.4 Å². The highest BCUT2D eigenvalue weighted by Crippen LogP contribution is 2.25. The monoisotopic (exact) mass is 403 g/mol. The zero-order valence-corrected chi connectivity index (χ0v) is 17.4. The summed E-state index contributed by atoms with van der Waals surface area (Å²) in [5.41, 5.74) is 1.84. The number of aryl methyl sites for hydroxylation is 2. The van der Waals surface area contributed by atoms with Gasteiger partial charge in [-0.1, -0.05) is 11.6 Å². The van der Waals surface area contributed by atoms with E-state index in [9.17, 15) is 4.79 Å². The second kappa shape index (κ2) is 9.15. The number of nitrogens with zero attached hydrogens (tertiary/aromatic N) is 5. The molecular formula is C20H29N5O2S. The Labute approximate surface area is 170 Å². The fraction of sp³-hybridized carbons (Fsp3) is 0.650. The van der Waals surface area contributed by atoms with Crippen molar-refractivity contribution in [1.29, 1.82) is 0 Å².